The van der Waals surface area contributed by atoms with Crippen molar-refractivity contribution in [3.8, 4) is 5.75 Å². The number of carbonyl (C=O) groups is 1. The highest BCUT2D eigenvalue weighted by molar-refractivity contribution is 7.92. The quantitative estimate of drug-likeness (QED) is 0.658. The number of hydrogen-bond donors (Lipinski definition) is 1. The smallest absolute Gasteiger partial charge is 0.241 e. The van der Waals surface area contributed by atoms with E-state index < -0.39 is 43.4 Å². The molecule has 2 aromatic rings. The minimum Gasteiger partial charge on any atom is -0.497 e. The summed E-state index contributed by atoms with van der Waals surface area (Å²) in [4.78, 5) is 13.7. The van der Waals surface area contributed by atoms with Crippen LogP contribution in [0.4, 0.5) is 4.39 Å². The Morgan fingerprint density at radius 2 is 1.71 bits per heavy atom. The van der Waals surface area contributed by atoms with Crippen molar-refractivity contribution in [3.05, 3.63) is 54.3 Å². The number of rotatable bonds is 7. The number of amides is 1. The van der Waals surface area contributed by atoms with Crippen LogP contribution in [-0.4, -0.2) is 59.6 Å². The molecule has 0 radical (unpaired) electrons. The summed E-state index contributed by atoms with van der Waals surface area (Å²) in [6, 6.07) is 10.6. The van der Waals surface area contributed by atoms with Gasteiger partial charge in [-0.15, -0.1) is 0 Å². The van der Waals surface area contributed by atoms with Gasteiger partial charge in [-0.3, -0.25) is 4.79 Å². The van der Waals surface area contributed by atoms with Gasteiger partial charge in [-0.05, 0) is 55.3 Å². The fraction of sp³-hybridized carbons (Fsp3) is 0.350. The number of sulfone groups is 1. The molecule has 1 heterocycles. The van der Waals surface area contributed by atoms with Gasteiger partial charge in [0.15, 0.2) is 9.84 Å². The first-order chi connectivity index (χ1) is 14.6. The second-order valence-corrected chi connectivity index (χ2v) is 11.1. The molecule has 1 N–H and O–H groups in total. The Balaban J connectivity index is 1.57. The van der Waals surface area contributed by atoms with E-state index in [1.165, 1.54) is 36.3 Å². The minimum atomic E-state index is -4.04. The summed E-state index contributed by atoms with van der Waals surface area (Å²) < 4.78 is 70.6. The first-order valence-corrected chi connectivity index (χ1v) is 12.6. The number of hydrogen-bond acceptors (Lipinski definition) is 6. The van der Waals surface area contributed by atoms with E-state index in [1.54, 1.807) is 12.1 Å². The summed E-state index contributed by atoms with van der Waals surface area (Å²) >= 11 is 0. The molecule has 8 nitrogen and oxygen atoms in total. The van der Waals surface area contributed by atoms with Crippen molar-refractivity contribution in [1.29, 1.82) is 0 Å². The lowest BCUT2D eigenvalue weighted by Gasteiger charge is -2.31. The predicted molar refractivity (Wildman–Crippen MR) is 111 cm³/mol. The molecule has 0 bridgehead atoms. The Morgan fingerprint density at radius 3 is 2.29 bits per heavy atom. The molecule has 2 aromatic carbocycles. The molecule has 0 unspecified atom stereocenters. The summed E-state index contributed by atoms with van der Waals surface area (Å²) in [7, 11) is -6.09. The average Bonchev–Trinajstić information content (AvgIpc) is 2.77. The van der Waals surface area contributed by atoms with Gasteiger partial charge in [0.05, 0.1) is 28.7 Å². The van der Waals surface area contributed by atoms with Crippen LogP contribution in [0.2, 0.25) is 0 Å². The normalized spacial score (nSPS) is 15.6. The lowest BCUT2D eigenvalue weighted by atomic mass is 10.1. The van der Waals surface area contributed by atoms with Crippen molar-refractivity contribution in [2.24, 2.45) is 0 Å². The second-order valence-electron chi connectivity index (χ2n) is 7.08. The van der Waals surface area contributed by atoms with E-state index in [2.05, 4.69) is 4.72 Å². The summed E-state index contributed by atoms with van der Waals surface area (Å²) in [6.07, 6.45) is 0.494. The Bertz CT molecular complexity index is 1140. The van der Waals surface area contributed by atoms with Gasteiger partial charge in [0.2, 0.25) is 15.9 Å². The molecule has 1 aliphatic heterocycles. The number of sulfonamides is 1. The highest BCUT2D eigenvalue weighted by Crippen LogP contribution is 2.26. The zero-order valence-corrected chi connectivity index (χ0v) is 18.5. The van der Waals surface area contributed by atoms with Crippen molar-refractivity contribution in [2.75, 3.05) is 26.7 Å². The molecule has 11 heteroatoms. The molecule has 3 rings (SSSR count). The topological polar surface area (TPSA) is 110 Å². The number of nitrogens with zero attached hydrogens (tertiary/aromatic N) is 1. The fourth-order valence-electron chi connectivity index (χ4n) is 3.36. The number of benzene rings is 2. The van der Waals surface area contributed by atoms with Crippen molar-refractivity contribution >= 4 is 25.8 Å². The SMILES string of the molecule is COc1ccc(S(=O)(=O)C2CCN(C(=O)CNS(=O)(=O)c3cccc(F)c3)CC2)cc1. The molecular weight excluding hydrogens is 447 g/mol. The van der Waals surface area contributed by atoms with Crippen molar-refractivity contribution in [3.63, 3.8) is 0 Å². The molecule has 1 aliphatic rings. The van der Waals surface area contributed by atoms with Crippen molar-refractivity contribution < 1.29 is 30.8 Å². The van der Waals surface area contributed by atoms with E-state index in [0.29, 0.717) is 5.75 Å². The number of halogens is 1. The first-order valence-electron chi connectivity index (χ1n) is 9.54. The van der Waals surface area contributed by atoms with Crippen LogP contribution in [0.5, 0.6) is 5.75 Å². The van der Waals surface area contributed by atoms with Crippen LogP contribution in [0.3, 0.4) is 0 Å². The number of nitrogens with one attached hydrogen (secondary N) is 1. The van der Waals surface area contributed by atoms with Gasteiger partial charge >= 0.3 is 0 Å². The molecule has 0 atom stereocenters. The average molecular weight is 471 g/mol. The maximum atomic E-state index is 13.3. The summed E-state index contributed by atoms with van der Waals surface area (Å²) in [6.45, 7) is -0.101. The monoisotopic (exact) mass is 470 g/mol. The zero-order chi connectivity index (χ0) is 22.6. The minimum absolute atomic E-state index is 0.195. The molecule has 0 spiro atoms. The molecule has 0 aromatic heterocycles. The first kappa shape index (κ1) is 23.2. The van der Waals surface area contributed by atoms with Gasteiger partial charge in [0.25, 0.3) is 0 Å². The van der Waals surface area contributed by atoms with Gasteiger partial charge in [-0.1, -0.05) is 6.07 Å². The van der Waals surface area contributed by atoms with Gasteiger partial charge in [-0.2, -0.15) is 0 Å². The molecule has 31 heavy (non-hydrogen) atoms. The Hall–Kier alpha value is -2.50. The van der Waals surface area contributed by atoms with Crippen LogP contribution in [-0.2, 0) is 24.7 Å². The van der Waals surface area contributed by atoms with Crippen LogP contribution in [0.25, 0.3) is 0 Å². The van der Waals surface area contributed by atoms with Crippen LogP contribution >= 0.6 is 0 Å². The molecule has 1 saturated heterocycles. The van der Waals surface area contributed by atoms with Crippen LogP contribution in [0, 0.1) is 5.82 Å². The summed E-state index contributed by atoms with van der Waals surface area (Å²) in [5.41, 5.74) is 0. The van der Waals surface area contributed by atoms with E-state index >= 15 is 0 Å². The number of ether oxygens (including phenoxy) is 1. The highest BCUT2D eigenvalue weighted by Gasteiger charge is 2.33. The number of methoxy groups -OCH3 is 1. The predicted octanol–water partition coefficient (Wildman–Crippen LogP) is 1.58. The second kappa shape index (κ2) is 9.33. The van der Waals surface area contributed by atoms with Gasteiger partial charge in [0, 0.05) is 13.1 Å². The zero-order valence-electron chi connectivity index (χ0n) is 16.8. The lowest BCUT2D eigenvalue weighted by molar-refractivity contribution is -0.130. The molecule has 1 fully saturated rings. The van der Waals surface area contributed by atoms with Gasteiger partial charge < -0.3 is 9.64 Å². The number of likely N-dealkylation sites (tertiary alicyclic amines) is 1. The standard InChI is InChI=1S/C20H23FN2O6S2/c1-29-16-5-7-17(8-6-16)30(25,26)18-9-11-23(12-10-18)20(24)14-22-31(27,28)19-4-2-3-15(21)13-19/h2-8,13,18,22H,9-12,14H2,1H3. The van der Waals surface area contributed by atoms with Crippen molar-refractivity contribution in [1.82, 2.24) is 9.62 Å². The third-order valence-electron chi connectivity index (χ3n) is 5.14. The fourth-order valence-corrected chi connectivity index (χ4v) is 6.10. The molecule has 1 amide bonds. The van der Waals surface area contributed by atoms with E-state index in [9.17, 15) is 26.0 Å². The number of carbonyl (C=O) groups excluding carboxylic acids is 1. The Kier molecular flexibility index (Phi) is 6.97. The molecule has 168 valence electrons. The van der Waals surface area contributed by atoms with Crippen LogP contribution < -0.4 is 9.46 Å². The Labute approximate surface area is 181 Å². The third kappa shape index (κ3) is 5.41. The molecule has 0 saturated carbocycles. The maximum absolute atomic E-state index is 13.3. The van der Waals surface area contributed by atoms with Gasteiger partial charge in [-0.25, -0.2) is 25.9 Å². The molecule has 0 aliphatic carbocycles. The third-order valence-corrected chi connectivity index (χ3v) is 8.82. The summed E-state index contributed by atoms with van der Waals surface area (Å²) in [5, 5.41) is -0.631. The van der Waals surface area contributed by atoms with E-state index in [4.69, 9.17) is 4.74 Å². The maximum Gasteiger partial charge on any atom is 0.241 e. The highest BCUT2D eigenvalue weighted by atomic mass is 32.2. The lowest BCUT2D eigenvalue weighted by Crippen LogP contribution is -2.46. The number of piperidine rings is 1. The van der Waals surface area contributed by atoms with Crippen molar-refractivity contribution in [2.45, 2.75) is 27.9 Å². The van der Waals surface area contributed by atoms with Gasteiger partial charge in [0.1, 0.15) is 11.6 Å². The van der Waals surface area contributed by atoms with Crippen LogP contribution in [0.1, 0.15) is 12.8 Å². The van der Waals surface area contributed by atoms with Crippen LogP contribution in [0.15, 0.2) is 58.3 Å². The largest absolute Gasteiger partial charge is 0.497 e. The Morgan fingerprint density at radius 1 is 1.06 bits per heavy atom. The van der Waals surface area contributed by atoms with E-state index in [0.717, 1.165) is 12.1 Å². The molecular formula is C20H23FN2O6S2. The van der Waals surface area contributed by atoms with E-state index in [-0.39, 0.29) is 35.7 Å². The van der Waals surface area contributed by atoms with E-state index in [1.807, 2.05) is 0 Å². The summed E-state index contributed by atoms with van der Waals surface area (Å²) in [5.74, 6) is -0.616.